The van der Waals surface area contributed by atoms with Crippen molar-refractivity contribution in [3.63, 3.8) is 0 Å². The number of aryl methyl sites for hydroxylation is 2. The van der Waals surface area contributed by atoms with Crippen LogP contribution in [0.3, 0.4) is 0 Å². The normalized spacial score (nSPS) is 23.1. The molecule has 3 aliphatic carbocycles. The van der Waals surface area contributed by atoms with Gasteiger partial charge in [0.2, 0.25) is 29.5 Å². The number of aromatic nitrogens is 5. The molecule has 3 N–H and O–H groups in total. The molecule has 2 bridgehead atoms. The van der Waals surface area contributed by atoms with E-state index < -0.39 is 46.6 Å². The van der Waals surface area contributed by atoms with E-state index in [2.05, 4.69) is 30.4 Å². The molecule has 1 atom stereocenters. The predicted octanol–water partition coefficient (Wildman–Crippen LogP) is 4.66. The van der Waals surface area contributed by atoms with E-state index in [0.29, 0.717) is 35.5 Å². The van der Waals surface area contributed by atoms with Crippen LogP contribution in [0.4, 0.5) is 19.1 Å². The first kappa shape index (κ1) is 40.4. The second kappa shape index (κ2) is 15.8. The Labute approximate surface area is 348 Å². The molecular weight excluding hydrogens is 796 g/mol. The van der Waals surface area contributed by atoms with Crippen molar-refractivity contribution in [2.45, 2.75) is 75.7 Å². The molecule has 320 valence electrons. The van der Waals surface area contributed by atoms with E-state index in [-0.39, 0.29) is 35.4 Å². The number of rotatable bonds is 11. The highest BCUT2D eigenvalue weighted by Gasteiger charge is 2.51. The number of piperazine rings is 1. The van der Waals surface area contributed by atoms with Crippen LogP contribution >= 0.6 is 0 Å². The topological polar surface area (TPSA) is 181 Å². The van der Waals surface area contributed by atoms with Crippen LogP contribution < -0.4 is 21.2 Å². The fourth-order valence-electron chi connectivity index (χ4n) is 9.74. The maximum atomic E-state index is 14.3. The molecule has 5 fully saturated rings. The summed E-state index contributed by atoms with van der Waals surface area (Å²) >= 11 is 0. The van der Waals surface area contributed by atoms with Crippen molar-refractivity contribution in [2.75, 3.05) is 44.2 Å². The molecule has 5 heterocycles. The second-order valence-corrected chi connectivity index (χ2v) is 17.1. The summed E-state index contributed by atoms with van der Waals surface area (Å²) in [5.41, 5.74) is 1.62. The number of oxazole rings is 1. The number of amides is 3. The van der Waals surface area contributed by atoms with Gasteiger partial charge in [-0.15, -0.1) is 0 Å². The van der Waals surface area contributed by atoms with Gasteiger partial charge in [0.25, 0.3) is 5.91 Å². The van der Waals surface area contributed by atoms with Crippen molar-refractivity contribution in [3.8, 4) is 17.3 Å². The van der Waals surface area contributed by atoms with Crippen molar-refractivity contribution in [3.05, 3.63) is 87.5 Å². The van der Waals surface area contributed by atoms with Crippen LogP contribution in [0.25, 0.3) is 22.6 Å². The van der Waals surface area contributed by atoms with Gasteiger partial charge in [-0.25, -0.2) is 28.5 Å². The minimum Gasteiger partial charge on any atom is -0.503 e. The summed E-state index contributed by atoms with van der Waals surface area (Å²) in [6.07, 6.45) is 10.5. The van der Waals surface area contributed by atoms with Crippen LogP contribution in [-0.4, -0.2) is 91.1 Å². The molecule has 2 saturated heterocycles. The van der Waals surface area contributed by atoms with Crippen LogP contribution in [-0.2, 0) is 28.5 Å². The number of phenolic OH excluding ortho intramolecular Hbond substituents is 1. The lowest BCUT2D eigenvalue weighted by molar-refractivity contribution is -0.135. The Morgan fingerprint density at radius 2 is 1.72 bits per heavy atom. The second-order valence-electron chi connectivity index (χ2n) is 17.1. The number of hydrogen-bond donors (Lipinski definition) is 3. The first-order valence-electron chi connectivity index (χ1n) is 20.8. The fraction of sp³-hybridized carbons (Fsp3) is 0.465. The Balaban J connectivity index is 0.763. The molecule has 0 radical (unpaired) electrons. The number of imide groups is 1. The number of phenols is 1. The number of piperidine rings is 1. The summed E-state index contributed by atoms with van der Waals surface area (Å²) in [7, 11) is 1.70. The van der Waals surface area contributed by atoms with Crippen LogP contribution in [0.1, 0.15) is 85.5 Å². The van der Waals surface area contributed by atoms with Gasteiger partial charge in [-0.1, -0.05) is 6.07 Å². The lowest BCUT2D eigenvalue weighted by Crippen LogP contribution is -2.49. The van der Waals surface area contributed by atoms with Crippen molar-refractivity contribution in [2.24, 2.45) is 12.5 Å². The Hall–Kier alpha value is -6.04. The lowest BCUT2D eigenvalue weighted by atomic mass is 9.53. The third-order valence-corrected chi connectivity index (χ3v) is 13.6. The molecule has 10 rings (SSSR count). The first-order valence-corrected chi connectivity index (χ1v) is 20.8. The van der Waals surface area contributed by atoms with Gasteiger partial charge in [0.05, 0.1) is 22.8 Å². The lowest BCUT2D eigenvalue weighted by Gasteiger charge is -2.52. The van der Waals surface area contributed by atoms with E-state index in [4.69, 9.17) is 9.40 Å². The number of hydrogen-bond acceptors (Lipinski definition) is 11. The number of fused-ring (bicyclic) bond motifs is 4. The number of imidazole rings is 1. The molecule has 0 spiro atoms. The quantitative estimate of drug-likeness (QED) is 0.124. The van der Waals surface area contributed by atoms with Crippen LogP contribution in [0.5, 0.6) is 5.75 Å². The van der Waals surface area contributed by atoms with Gasteiger partial charge in [0, 0.05) is 57.8 Å². The predicted molar refractivity (Wildman–Crippen MR) is 215 cm³/mol. The van der Waals surface area contributed by atoms with Crippen LogP contribution in [0, 0.1) is 22.9 Å². The van der Waals surface area contributed by atoms with E-state index in [1.54, 1.807) is 30.1 Å². The number of nitrogens with zero attached hydrogens (tertiary/aromatic N) is 7. The van der Waals surface area contributed by atoms with Gasteiger partial charge >= 0.3 is 5.69 Å². The molecule has 3 amide bonds. The van der Waals surface area contributed by atoms with E-state index in [1.165, 1.54) is 4.57 Å². The molecule has 15 nitrogen and oxygen atoms in total. The Morgan fingerprint density at radius 1 is 0.967 bits per heavy atom. The number of aromatic hydroxyl groups is 1. The number of carbonyl (C=O) groups is 3. The summed E-state index contributed by atoms with van der Waals surface area (Å²) in [5, 5.41) is 14.3. The molecule has 18 heteroatoms. The largest absolute Gasteiger partial charge is 0.503 e. The zero-order valence-corrected chi connectivity index (χ0v) is 33.7. The third-order valence-electron chi connectivity index (χ3n) is 13.6. The molecule has 61 heavy (non-hydrogen) atoms. The summed E-state index contributed by atoms with van der Waals surface area (Å²) in [6.45, 7) is 4.34. The van der Waals surface area contributed by atoms with Gasteiger partial charge < -0.3 is 19.7 Å². The smallest absolute Gasteiger partial charge is 0.329 e. The Kier molecular flexibility index (Phi) is 10.4. The highest BCUT2D eigenvalue weighted by molar-refractivity contribution is 6.00. The minimum absolute atomic E-state index is 0.198. The van der Waals surface area contributed by atoms with Crippen molar-refractivity contribution in [1.82, 2.24) is 39.6 Å². The van der Waals surface area contributed by atoms with Crippen LogP contribution in [0.2, 0.25) is 0 Å². The summed E-state index contributed by atoms with van der Waals surface area (Å²) < 4.78 is 51.5. The summed E-state index contributed by atoms with van der Waals surface area (Å²) in [5.74, 6) is -6.11. The highest BCUT2D eigenvalue weighted by Crippen LogP contribution is 2.57. The van der Waals surface area contributed by atoms with Gasteiger partial charge in [0.15, 0.2) is 17.4 Å². The highest BCUT2D eigenvalue weighted by atomic mass is 19.2. The van der Waals surface area contributed by atoms with Crippen molar-refractivity contribution < 1.29 is 37.1 Å². The molecule has 1 unspecified atom stereocenters. The van der Waals surface area contributed by atoms with Crippen molar-refractivity contribution >= 4 is 34.7 Å². The first-order chi connectivity index (χ1) is 29.3. The monoisotopic (exact) mass is 841 g/mol. The Morgan fingerprint density at radius 3 is 2.46 bits per heavy atom. The SMILES string of the molecule is Cn1c(=O)n(C2CCC(=O)NC2=O)c2ccc(CCCN3CCN(c4nccc(-c5ncc([C@]67CC[C@](CNC(=O)c8cc(F)c(O)c(F)c8F)(CC6)CC7)o5)n4)CC3)cc21. The molecule has 3 aromatic heterocycles. The maximum absolute atomic E-state index is 14.3. The van der Waals surface area contributed by atoms with Crippen LogP contribution in [0.15, 0.2) is 51.9 Å². The van der Waals surface area contributed by atoms with E-state index >= 15 is 0 Å². The molecule has 2 aliphatic heterocycles. The number of benzene rings is 2. The fourth-order valence-corrected chi connectivity index (χ4v) is 9.74. The standard InChI is InChI=1S/C43H46F3N9O6/c1-52-31-21-25(4-5-29(31)55(41(52)60)30-6-7-33(56)51-38(30)59)3-2-16-53-17-19-54(20-18-53)40-47-15-8-28(50-40)39-48-23-32(61-39)43-12-9-42(10-13-43,11-14-43)24-49-37(58)26-22-27(44)36(57)35(46)34(26)45/h4-5,8,15,21-23,30,57H,2-3,6-7,9-14,16-20,24H2,1H3,(H,49,58)(H,51,56,59)/t30?,42-,43+. The van der Waals surface area contributed by atoms with Crippen molar-refractivity contribution in [1.29, 1.82) is 0 Å². The summed E-state index contributed by atoms with van der Waals surface area (Å²) in [6, 6.07) is 7.50. The van der Waals surface area contributed by atoms with E-state index in [9.17, 15) is 37.5 Å². The third kappa shape index (κ3) is 7.44. The summed E-state index contributed by atoms with van der Waals surface area (Å²) in [4.78, 5) is 68.7. The molecule has 3 saturated carbocycles. The average Bonchev–Trinajstić information content (AvgIpc) is 3.88. The van der Waals surface area contributed by atoms with Gasteiger partial charge in [0.1, 0.15) is 17.5 Å². The Bertz CT molecular complexity index is 2590. The zero-order valence-electron chi connectivity index (χ0n) is 33.7. The molecule has 5 aliphatic rings. The maximum Gasteiger partial charge on any atom is 0.329 e. The molecule has 5 aromatic rings. The van der Waals surface area contributed by atoms with Gasteiger partial charge in [-0.3, -0.25) is 33.7 Å². The zero-order chi connectivity index (χ0) is 42.6. The van der Waals surface area contributed by atoms with E-state index in [0.717, 1.165) is 101 Å². The number of nitrogens with one attached hydrogen (secondary N) is 2. The average molecular weight is 842 g/mol. The van der Waals surface area contributed by atoms with Gasteiger partial charge in [-0.05, 0) is 99.6 Å². The number of carbonyl (C=O) groups excluding carboxylic acids is 3. The van der Waals surface area contributed by atoms with E-state index in [1.807, 2.05) is 18.2 Å². The number of halogens is 3. The minimum atomic E-state index is -1.79. The van der Waals surface area contributed by atoms with Gasteiger partial charge in [-0.2, -0.15) is 4.39 Å². The number of anilines is 1. The molecular formula is C43H46F3N9O6. The molecule has 2 aromatic carbocycles.